The fraction of sp³-hybridized carbons (Fsp3) is 0.846. The SMILES string of the molecule is CCC1(C)NC(=O)CCN(CC(C)(C)C)C1=O. The first-order chi connectivity index (χ1) is 7.68. The monoisotopic (exact) mass is 240 g/mol. The second kappa shape index (κ2) is 4.67. The largest absolute Gasteiger partial charge is 0.342 e. The van der Waals surface area contributed by atoms with E-state index < -0.39 is 5.54 Å². The Hall–Kier alpha value is -1.06. The van der Waals surface area contributed by atoms with Gasteiger partial charge in [-0.1, -0.05) is 27.7 Å². The van der Waals surface area contributed by atoms with E-state index in [-0.39, 0.29) is 17.2 Å². The average molecular weight is 240 g/mol. The van der Waals surface area contributed by atoms with Gasteiger partial charge in [0.1, 0.15) is 5.54 Å². The molecule has 4 heteroatoms. The first-order valence-electron chi connectivity index (χ1n) is 6.28. The molecule has 0 bridgehead atoms. The summed E-state index contributed by atoms with van der Waals surface area (Å²) in [4.78, 5) is 25.9. The Bertz CT molecular complexity index is 320. The number of hydrogen-bond acceptors (Lipinski definition) is 2. The van der Waals surface area contributed by atoms with Crippen molar-refractivity contribution in [2.45, 2.75) is 53.0 Å². The zero-order chi connectivity index (χ0) is 13.3. The quantitative estimate of drug-likeness (QED) is 0.796. The van der Waals surface area contributed by atoms with E-state index in [1.54, 1.807) is 0 Å². The summed E-state index contributed by atoms with van der Waals surface area (Å²) in [6.45, 7) is 11.3. The normalized spacial score (nSPS) is 26.8. The number of nitrogens with one attached hydrogen (secondary N) is 1. The van der Waals surface area contributed by atoms with E-state index in [4.69, 9.17) is 0 Å². The summed E-state index contributed by atoms with van der Waals surface area (Å²) in [5, 5.41) is 2.84. The van der Waals surface area contributed by atoms with Crippen LogP contribution in [0.15, 0.2) is 0 Å². The lowest BCUT2D eigenvalue weighted by Crippen LogP contribution is -2.55. The van der Waals surface area contributed by atoms with Crippen LogP contribution in [0.1, 0.15) is 47.5 Å². The molecule has 1 atom stereocenters. The molecule has 1 rings (SSSR count). The van der Waals surface area contributed by atoms with Gasteiger partial charge in [-0.15, -0.1) is 0 Å². The van der Waals surface area contributed by atoms with Gasteiger partial charge in [0.05, 0.1) is 0 Å². The Labute approximate surface area is 104 Å². The van der Waals surface area contributed by atoms with E-state index in [0.717, 1.165) is 0 Å². The third-order valence-electron chi connectivity index (χ3n) is 3.16. The Kier molecular flexibility index (Phi) is 3.84. The molecule has 0 aromatic heterocycles. The lowest BCUT2D eigenvalue weighted by molar-refractivity contribution is -0.139. The molecule has 98 valence electrons. The maximum Gasteiger partial charge on any atom is 0.248 e. The minimum Gasteiger partial charge on any atom is -0.342 e. The maximum atomic E-state index is 12.4. The lowest BCUT2D eigenvalue weighted by Gasteiger charge is -2.34. The molecule has 0 radical (unpaired) electrons. The summed E-state index contributed by atoms with van der Waals surface area (Å²) < 4.78 is 0. The van der Waals surface area contributed by atoms with Gasteiger partial charge in [0.15, 0.2) is 0 Å². The van der Waals surface area contributed by atoms with Gasteiger partial charge in [0, 0.05) is 19.5 Å². The first-order valence-corrected chi connectivity index (χ1v) is 6.28. The molecule has 0 aromatic carbocycles. The summed E-state index contributed by atoms with van der Waals surface area (Å²) in [7, 11) is 0. The number of rotatable bonds is 2. The van der Waals surface area contributed by atoms with E-state index in [2.05, 4.69) is 26.1 Å². The third kappa shape index (κ3) is 3.45. The number of amides is 2. The van der Waals surface area contributed by atoms with Crippen molar-refractivity contribution in [1.82, 2.24) is 10.2 Å². The molecule has 1 saturated heterocycles. The second-order valence-electron chi connectivity index (χ2n) is 6.27. The Morgan fingerprint density at radius 3 is 2.41 bits per heavy atom. The third-order valence-corrected chi connectivity index (χ3v) is 3.16. The van der Waals surface area contributed by atoms with Crippen LogP contribution in [0.5, 0.6) is 0 Å². The summed E-state index contributed by atoms with van der Waals surface area (Å²) in [5.74, 6) is 0.0138. The molecule has 1 aliphatic rings. The molecule has 0 spiro atoms. The zero-order valence-electron chi connectivity index (χ0n) is 11.6. The fourth-order valence-corrected chi connectivity index (χ4v) is 2.07. The molecule has 1 unspecified atom stereocenters. The topological polar surface area (TPSA) is 49.4 Å². The van der Waals surface area contributed by atoms with Gasteiger partial charge >= 0.3 is 0 Å². The Morgan fingerprint density at radius 1 is 1.35 bits per heavy atom. The van der Waals surface area contributed by atoms with Gasteiger partial charge < -0.3 is 10.2 Å². The highest BCUT2D eigenvalue weighted by atomic mass is 16.2. The van der Waals surface area contributed by atoms with Crippen LogP contribution in [0.3, 0.4) is 0 Å². The van der Waals surface area contributed by atoms with Crippen LogP contribution in [0.2, 0.25) is 0 Å². The number of hydrogen-bond donors (Lipinski definition) is 1. The Morgan fingerprint density at radius 2 is 1.94 bits per heavy atom. The van der Waals surface area contributed by atoms with Crippen molar-refractivity contribution in [3.8, 4) is 0 Å². The summed E-state index contributed by atoms with van der Waals surface area (Å²) >= 11 is 0. The van der Waals surface area contributed by atoms with Crippen molar-refractivity contribution < 1.29 is 9.59 Å². The van der Waals surface area contributed by atoms with E-state index >= 15 is 0 Å². The van der Waals surface area contributed by atoms with Crippen molar-refractivity contribution in [2.24, 2.45) is 5.41 Å². The van der Waals surface area contributed by atoms with Gasteiger partial charge in [-0.05, 0) is 18.8 Å². The van der Waals surface area contributed by atoms with Crippen molar-refractivity contribution >= 4 is 11.8 Å². The molecule has 0 saturated carbocycles. The van der Waals surface area contributed by atoms with Crippen molar-refractivity contribution in [2.75, 3.05) is 13.1 Å². The molecule has 0 aromatic rings. The van der Waals surface area contributed by atoms with Crippen molar-refractivity contribution in [3.63, 3.8) is 0 Å². The summed E-state index contributed by atoms with van der Waals surface area (Å²) in [6.07, 6.45) is 1.02. The molecule has 2 amide bonds. The van der Waals surface area contributed by atoms with Gasteiger partial charge in [-0.2, -0.15) is 0 Å². The maximum absolute atomic E-state index is 12.4. The second-order valence-corrected chi connectivity index (χ2v) is 6.27. The van der Waals surface area contributed by atoms with Gasteiger partial charge in [-0.3, -0.25) is 9.59 Å². The fourth-order valence-electron chi connectivity index (χ4n) is 2.07. The standard InChI is InChI=1S/C13H24N2O2/c1-6-13(5)11(17)15(9-12(2,3)4)8-7-10(16)14-13/h6-9H2,1-5H3,(H,14,16). The van der Waals surface area contributed by atoms with Crippen LogP contribution >= 0.6 is 0 Å². The van der Waals surface area contributed by atoms with Gasteiger partial charge in [0.25, 0.3) is 0 Å². The highest BCUT2D eigenvalue weighted by molar-refractivity contribution is 5.93. The Balaban J connectivity index is 2.92. The zero-order valence-corrected chi connectivity index (χ0v) is 11.6. The first kappa shape index (κ1) is 14.0. The highest BCUT2D eigenvalue weighted by Crippen LogP contribution is 2.22. The molecule has 1 N–H and O–H groups in total. The van der Waals surface area contributed by atoms with Gasteiger partial charge in [0.2, 0.25) is 11.8 Å². The van der Waals surface area contributed by atoms with Crippen molar-refractivity contribution in [3.05, 3.63) is 0 Å². The molecule has 1 fully saturated rings. The van der Waals surface area contributed by atoms with E-state index in [0.29, 0.717) is 25.9 Å². The minimum atomic E-state index is -0.737. The van der Waals surface area contributed by atoms with Crippen molar-refractivity contribution in [1.29, 1.82) is 0 Å². The van der Waals surface area contributed by atoms with Crippen LogP contribution in [0.4, 0.5) is 0 Å². The van der Waals surface area contributed by atoms with E-state index in [1.807, 2.05) is 18.7 Å². The van der Waals surface area contributed by atoms with Crippen LogP contribution < -0.4 is 5.32 Å². The average Bonchev–Trinajstić information content (AvgIpc) is 2.29. The minimum absolute atomic E-state index is 0.0286. The molecule has 4 nitrogen and oxygen atoms in total. The number of carbonyl (C=O) groups is 2. The van der Waals surface area contributed by atoms with E-state index in [9.17, 15) is 9.59 Å². The lowest BCUT2D eigenvalue weighted by atomic mass is 9.93. The van der Waals surface area contributed by atoms with Crippen LogP contribution in [0, 0.1) is 5.41 Å². The van der Waals surface area contributed by atoms with Gasteiger partial charge in [-0.25, -0.2) is 0 Å². The predicted octanol–water partition coefficient (Wildman–Crippen LogP) is 1.55. The van der Waals surface area contributed by atoms with E-state index in [1.165, 1.54) is 0 Å². The summed E-state index contributed by atoms with van der Waals surface area (Å²) in [6, 6.07) is 0. The molecular formula is C13H24N2O2. The number of nitrogens with zero attached hydrogens (tertiary/aromatic N) is 1. The molecule has 1 aliphatic heterocycles. The molecular weight excluding hydrogens is 216 g/mol. The number of carbonyl (C=O) groups excluding carboxylic acids is 2. The molecule has 17 heavy (non-hydrogen) atoms. The molecule has 0 aliphatic carbocycles. The molecule has 1 heterocycles. The predicted molar refractivity (Wildman–Crippen MR) is 67.5 cm³/mol. The van der Waals surface area contributed by atoms with Crippen LogP contribution in [0.25, 0.3) is 0 Å². The van der Waals surface area contributed by atoms with Crippen LogP contribution in [-0.2, 0) is 9.59 Å². The smallest absolute Gasteiger partial charge is 0.248 e. The van der Waals surface area contributed by atoms with Crippen LogP contribution in [-0.4, -0.2) is 35.3 Å². The highest BCUT2D eigenvalue weighted by Gasteiger charge is 2.39. The summed E-state index contributed by atoms with van der Waals surface area (Å²) in [5.41, 5.74) is -0.684.